The second-order valence-corrected chi connectivity index (χ2v) is 7.44. The van der Waals surface area contributed by atoms with Crippen LogP contribution in [0.4, 0.5) is 5.95 Å². The Bertz CT molecular complexity index is 924. The maximum atomic E-state index is 12.8. The summed E-state index contributed by atoms with van der Waals surface area (Å²) in [7, 11) is 0. The molecule has 1 saturated heterocycles. The molecule has 1 fully saturated rings. The lowest BCUT2D eigenvalue weighted by atomic mass is 9.83. The molecule has 1 amide bonds. The van der Waals surface area contributed by atoms with Crippen molar-refractivity contribution >= 4 is 11.9 Å². The number of hydrogen-bond acceptors (Lipinski definition) is 7. The van der Waals surface area contributed by atoms with Crippen LogP contribution < -0.4 is 15.2 Å². The molecule has 0 saturated carbocycles. The number of rotatable bonds is 2. The number of nitrogens with zero attached hydrogens (tertiary/aromatic N) is 3. The largest absolute Gasteiger partial charge is 0.454 e. The number of amides is 1. The normalized spacial score (nSPS) is 19.5. The van der Waals surface area contributed by atoms with Gasteiger partial charge in [0.05, 0.1) is 18.7 Å². The summed E-state index contributed by atoms with van der Waals surface area (Å²) in [6.45, 7) is 2.14. The Morgan fingerprint density at radius 1 is 1.21 bits per heavy atom. The Morgan fingerprint density at radius 2 is 2.04 bits per heavy atom. The van der Waals surface area contributed by atoms with Gasteiger partial charge in [0.1, 0.15) is 5.60 Å². The molecule has 8 nitrogen and oxygen atoms in total. The van der Waals surface area contributed by atoms with Gasteiger partial charge in [0, 0.05) is 19.3 Å². The minimum Gasteiger partial charge on any atom is -0.454 e. The Morgan fingerprint density at radius 3 is 2.89 bits per heavy atom. The summed E-state index contributed by atoms with van der Waals surface area (Å²) < 4.78 is 16.9. The SMILES string of the molecule is Nc1ncc2c(n1)C1(CCN(C(=O)Cc3ccc4c(c3)OCO4)CC1)OCC2. The zero-order chi connectivity index (χ0) is 19.1. The van der Waals surface area contributed by atoms with E-state index in [1.54, 1.807) is 6.20 Å². The van der Waals surface area contributed by atoms with E-state index in [0.29, 0.717) is 44.7 Å². The highest BCUT2D eigenvalue weighted by molar-refractivity contribution is 5.79. The highest BCUT2D eigenvalue weighted by Gasteiger charge is 2.43. The molecule has 8 heteroatoms. The third-order valence-electron chi connectivity index (χ3n) is 5.78. The van der Waals surface area contributed by atoms with Crippen molar-refractivity contribution in [2.45, 2.75) is 31.3 Å². The summed E-state index contributed by atoms with van der Waals surface area (Å²) in [5.74, 6) is 1.80. The molecule has 1 aromatic carbocycles. The summed E-state index contributed by atoms with van der Waals surface area (Å²) in [6.07, 6.45) is 4.37. The van der Waals surface area contributed by atoms with Gasteiger partial charge >= 0.3 is 0 Å². The van der Waals surface area contributed by atoms with Gasteiger partial charge in [-0.3, -0.25) is 4.79 Å². The smallest absolute Gasteiger partial charge is 0.231 e. The van der Waals surface area contributed by atoms with Crippen LogP contribution in [0.25, 0.3) is 0 Å². The van der Waals surface area contributed by atoms with Crippen LogP contribution in [-0.4, -0.2) is 47.3 Å². The fraction of sp³-hybridized carbons (Fsp3) is 0.450. The van der Waals surface area contributed by atoms with Crippen LogP contribution in [0, 0.1) is 0 Å². The predicted molar refractivity (Wildman–Crippen MR) is 99.9 cm³/mol. The first-order chi connectivity index (χ1) is 13.6. The zero-order valence-electron chi connectivity index (χ0n) is 15.5. The Labute approximate surface area is 162 Å². The third kappa shape index (κ3) is 2.93. The maximum absolute atomic E-state index is 12.8. The van der Waals surface area contributed by atoms with E-state index in [1.807, 2.05) is 23.1 Å². The number of anilines is 1. The molecule has 0 radical (unpaired) electrons. The van der Waals surface area contributed by atoms with Crippen molar-refractivity contribution in [2.24, 2.45) is 0 Å². The summed E-state index contributed by atoms with van der Waals surface area (Å²) >= 11 is 0. The molecule has 1 spiro atoms. The Hall–Kier alpha value is -2.87. The van der Waals surface area contributed by atoms with E-state index in [9.17, 15) is 4.79 Å². The number of likely N-dealkylation sites (tertiary alicyclic amines) is 1. The summed E-state index contributed by atoms with van der Waals surface area (Å²) in [6, 6.07) is 5.65. The van der Waals surface area contributed by atoms with Crippen molar-refractivity contribution in [3.8, 4) is 11.5 Å². The average molecular weight is 382 g/mol. The van der Waals surface area contributed by atoms with Gasteiger partial charge in [-0.05, 0) is 42.5 Å². The second-order valence-electron chi connectivity index (χ2n) is 7.44. The van der Waals surface area contributed by atoms with Crippen LogP contribution in [0.1, 0.15) is 29.7 Å². The summed E-state index contributed by atoms with van der Waals surface area (Å²) in [5, 5.41) is 0. The first-order valence-electron chi connectivity index (χ1n) is 9.55. The number of nitrogen functional groups attached to an aromatic ring is 1. The number of nitrogens with two attached hydrogens (primary N) is 1. The monoisotopic (exact) mass is 382 g/mol. The van der Waals surface area contributed by atoms with Crippen molar-refractivity contribution in [1.29, 1.82) is 0 Å². The van der Waals surface area contributed by atoms with Gasteiger partial charge in [0.25, 0.3) is 0 Å². The fourth-order valence-electron chi connectivity index (χ4n) is 4.26. The Kier molecular flexibility index (Phi) is 4.08. The molecule has 0 atom stereocenters. The third-order valence-corrected chi connectivity index (χ3v) is 5.78. The van der Waals surface area contributed by atoms with Crippen LogP contribution in [0.3, 0.4) is 0 Å². The lowest BCUT2D eigenvalue weighted by Crippen LogP contribution is -2.49. The van der Waals surface area contributed by atoms with Crippen LogP contribution in [-0.2, 0) is 28.0 Å². The summed E-state index contributed by atoms with van der Waals surface area (Å²) in [5.41, 5.74) is 8.27. The molecule has 5 rings (SSSR count). The van der Waals surface area contributed by atoms with Gasteiger partial charge in [-0.15, -0.1) is 0 Å². The van der Waals surface area contributed by atoms with Crippen LogP contribution in [0.5, 0.6) is 11.5 Å². The molecule has 3 aliphatic rings. The van der Waals surface area contributed by atoms with E-state index in [2.05, 4.69) is 9.97 Å². The molecule has 0 bridgehead atoms. The van der Waals surface area contributed by atoms with Gasteiger partial charge in [-0.25, -0.2) is 9.97 Å². The number of carbonyl (C=O) groups is 1. The van der Waals surface area contributed by atoms with E-state index in [0.717, 1.165) is 29.0 Å². The number of piperidine rings is 1. The van der Waals surface area contributed by atoms with E-state index in [1.165, 1.54) is 0 Å². The quantitative estimate of drug-likeness (QED) is 0.838. The minimum atomic E-state index is -0.458. The molecule has 2 N–H and O–H groups in total. The van der Waals surface area contributed by atoms with Gasteiger partial charge in [0.2, 0.25) is 18.6 Å². The molecular weight excluding hydrogens is 360 g/mol. The Balaban J connectivity index is 1.28. The molecule has 4 heterocycles. The highest BCUT2D eigenvalue weighted by atomic mass is 16.7. The van der Waals surface area contributed by atoms with Crippen molar-refractivity contribution < 1.29 is 19.0 Å². The average Bonchev–Trinajstić information content (AvgIpc) is 3.17. The topological polar surface area (TPSA) is 99.8 Å². The van der Waals surface area contributed by atoms with Crippen LogP contribution >= 0.6 is 0 Å². The summed E-state index contributed by atoms with van der Waals surface area (Å²) in [4.78, 5) is 23.3. The second kappa shape index (κ2) is 6.63. The van der Waals surface area contributed by atoms with Crippen molar-refractivity contribution in [3.05, 3.63) is 41.2 Å². The molecule has 0 aliphatic carbocycles. The fourth-order valence-corrected chi connectivity index (χ4v) is 4.26. The number of carbonyl (C=O) groups excluding carboxylic acids is 1. The molecule has 2 aromatic rings. The van der Waals surface area contributed by atoms with Crippen molar-refractivity contribution in [1.82, 2.24) is 14.9 Å². The number of ether oxygens (including phenoxy) is 3. The number of benzene rings is 1. The van der Waals surface area contributed by atoms with Gasteiger partial charge in [-0.1, -0.05) is 6.07 Å². The molecule has 146 valence electrons. The lowest BCUT2D eigenvalue weighted by molar-refractivity contribution is -0.140. The van der Waals surface area contributed by atoms with E-state index in [-0.39, 0.29) is 18.6 Å². The number of aromatic nitrogens is 2. The molecule has 3 aliphatic heterocycles. The minimum absolute atomic E-state index is 0.104. The molecule has 28 heavy (non-hydrogen) atoms. The van der Waals surface area contributed by atoms with Crippen LogP contribution in [0.2, 0.25) is 0 Å². The van der Waals surface area contributed by atoms with Crippen molar-refractivity contribution in [3.63, 3.8) is 0 Å². The number of hydrogen-bond donors (Lipinski definition) is 1. The van der Waals surface area contributed by atoms with E-state index >= 15 is 0 Å². The molecule has 0 unspecified atom stereocenters. The predicted octanol–water partition coefficient (Wildman–Crippen LogP) is 1.42. The van der Waals surface area contributed by atoms with E-state index < -0.39 is 5.60 Å². The first kappa shape index (κ1) is 17.2. The van der Waals surface area contributed by atoms with Gasteiger partial charge in [-0.2, -0.15) is 0 Å². The lowest BCUT2D eigenvalue weighted by Gasteiger charge is -2.44. The molecule has 1 aromatic heterocycles. The standard InChI is InChI=1S/C20H22N4O4/c21-19-22-11-14-3-8-28-20(18(14)23-19)4-6-24(7-5-20)17(25)10-13-1-2-15-16(9-13)27-12-26-15/h1-2,9,11H,3-8,10,12H2,(H2,21,22,23). The maximum Gasteiger partial charge on any atom is 0.231 e. The number of fused-ring (bicyclic) bond motifs is 3. The zero-order valence-corrected chi connectivity index (χ0v) is 15.5. The van der Waals surface area contributed by atoms with Gasteiger partial charge in [0.15, 0.2) is 11.5 Å². The highest BCUT2D eigenvalue weighted by Crippen LogP contribution is 2.40. The molecular formula is C20H22N4O4. The van der Waals surface area contributed by atoms with Crippen LogP contribution in [0.15, 0.2) is 24.4 Å². The van der Waals surface area contributed by atoms with Gasteiger partial charge < -0.3 is 24.8 Å². The van der Waals surface area contributed by atoms with Crippen molar-refractivity contribution in [2.75, 3.05) is 32.2 Å². The van der Waals surface area contributed by atoms with E-state index in [4.69, 9.17) is 19.9 Å². The first-order valence-corrected chi connectivity index (χ1v) is 9.55.